The number of aromatic nitrogens is 2. The number of methoxy groups -OCH3 is 1. The summed E-state index contributed by atoms with van der Waals surface area (Å²) >= 11 is 0. The van der Waals surface area contributed by atoms with E-state index >= 15 is 0 Å². The van der Waals surface area contributed by atoms with Crippen LogP contribution in [0.2, 0.25) is 0 Å². The Balaban J connectivity index is 2.12. The van der Waals surface area contributed by atoms with Crippen LogP contribution in [-0.2, 0) is 11.2 Å². The van der Waals surface area contributed by atoms with Crippen molar-refractivity contribution in [3.63, 3.8) is 0 Å². The molecule has 2 atom stereocenters. The molecule has 5 heteroatoms. The Bertz CT molecular complexity index is 374. The average molecular weight is 250 g/mol. The lowest BCUT2D eigenvalue weighted by Gasteiger charge is -2.20. The highest BCUT2D eigenvalue weighted by atomic mass is 16.5. The summed E-state index contributed by atoms with van der Waals surface area (Å²) in [5.74, 6) is 2.60. The molecule has 0 bridgehead atoms. The van der Waals surface area contributed by atoms with Crippen LogP contribution in [0.5, 0.6) is 0 Å². The maximum Gasteiger partial charge on any atom is 0.132 e. The minimum absolute atomic E-state index is 0.295. The van der Waals surface area contributed by atoms with Crippen LogP contribution in [0.3, 0.4) is 0 Å². The van der Waals surface area contributed by atoms with Gasteiger partial charge >= 0.3 is 0 Å². The van der Waals surface area contributed by atoms with E-state index in [1.165, 1.54) is 6.42 Å². The molecule has 2 rings (SSSR count). The van der Waals surface area contributed by atoms with Gasteiger partial charge in [0.05, 0.1) is 12.1 Å². The van der Waals surface area contributed by atoms with E-state index in [1.54, 1.807) is 7.11 Å². The Labute approximate surface area is 108 Å². The number of hydrogen-bond acceptors (Lipinski definition) is 5. The smallest absolute Gasteiger partial charge is 0.132 e. The Morgan fingerprint density at radius 1 is 1.33 bits per heavy atom. The Hall–Kier alpha value is -1.36. The van der Waals surface area contributed by atoms with Crippen LogP contribution in [0.1, 0.15) is 32.0 Å². The number of ether oxygens (including phenoxy) is 1. The SMILES string of the molecule is CCc1nc(NC)cc(NC2CCCC2OC)n1. The molecular weight excluding hydrogens is 228 g/mol. The van der Waals surface area contributed by atoms with Gasteiger partial charge in [-0.2, -0.15) is 0 Å². The zero-order valence-electron chi connectivity index (χ0n) is 11.4. The van der Waals surface area contributed by atoms with Crippen LogP contribution in [0.15, 0.2) is 6.07 Å². The highest BCUT2D eigenvalue weighted by Gasteiger charge is 2.27. The minimum Gasteiger partial charge on any atom is -0.379 e. The second kappa shape index (κ2) is 6.00. The lowest BCUT2D eigenvalue weighted by molar-refractivity contribution is 0.101. The van der Waals surface area contributed by atoms with E-state index in [0.29, 0.717) is 12.1 Å². The average Bonchev–Trinajstić information content (AvgIpc) is 2.85. The monoisotopic (exact) mass is 250 g/mol. The van der Waals surface area contributed by atoms with E-state index in [2.05, 4.69) is 27.5 Å². The maximum absolute atomic E-state index is 5.49. The molecule has 1 aromatic rings. The van der Waals surface area contributed by atoms with E-state index in [0.717, 1.165) is 36.7 Å². The zero-order chi connectivity index (χ0) is 13.0. The van der Waals surface area contributed by atoms with Crippen LogP contribution in [-0.4, -0.2) is 36.3 Å². The molecule has 2 unspecified atom stereocenters. The molecule has 1 aliphatic rings. The summed E-state index contributed by atoms with van der Waals surface area (Å²) in [6, 6.07) is 2.31. The van der Waals surface area contributed by atoms with Crippen molar-refractivity contribution >= 4 is 11.6 Å². The van der Waals surface area contributed by atoms with Crippen molar-refractivity contribution in [2.75, 3.05) is 24.8 Å². The van der Waals surface area contributed by atoms with Gasteiger partial charge in [-0.15, -0.1) is 0 Å². The molecule has 0 aliphatic heterocycles. The molecule has 1 heterocycles. The van der Waals surface area contributed by atoms with E-state index in [1.807, 2.05) is 13.1 Å². The third-order valence-corrected chi connectivity index (χ3v) is 3.43. The molecule has 0 aromatic carbocycles. The first kappa shape index (κ1) is 13.1. The van der Waals surface area contributed by atoms with Crippen molar-refractivity contribution in [2.24, 2.45) is 0 Å². The molecule has 1 fully saturated rings. The lowest BCUT2D eigenvalue weighted by Crippen LogP contribution is -2.30. The molecule has 5 nitrogen and oxygen atoms in total. The summed E-state index contributed by atoms with van der Waals surface area (Å²) in [5.41, 5.74) is 0. The molecule has 18 heavy (non-hydrogen) atoms. The van der Waals surface area contributed by atoms with Gasteiger partial charge in [0.1, 0.15) is 17.5 Å². The van der Waals surface area contributed by atoms with E-state index in [9.17, 15) is 0 Å². The van der Waals surface area contributed by atoms with Crippen molar-refractivity contribution in [1.29, 1.82) is 0 Å². The molecule has 0 saturated heterocycles. The van der Waals surface area contributed by atoms with Crippen LogP contribution in [0.4, 0.5) is 11.6 Å². The first-order valence-electron chi connectivity index (χ1n) is 6.61. The van der Waals surface area contributed by atoms with Gasteiger partial charge in [0, 0.05) is 26.6 Å². The van der Waals surface area contributed by atoms with Crippen LogP contribution in [0, 0.1) is 0 Å². The highest BCUT2D eigenvalue weighted by molar-refractivity contribution is 5.48. The topological polar surface area (TPSA) is 59.1 Å². The number of nitrogens with one attached hydrogen (secondary N) is 2. The third kappa shape index (κ3) is 2.90. The first-order chi connectivity index (χ1) is 8.76. The molecule has 0 spiro atoms. The summed E-state index contributed by atoms with van der Waals surface area (Å²) < 4.78 is 5.49. The number of anilines is 2. The second-order valence-electron chi connectivity index (χ2n) is 4.61. The van der Waals surface area contributed by atoms with Gasteiger partial charge in [-0.1, -0.05) is 6.92 Å². The van der Waals surface area contributed by atoms with Crippen molar-refractivity contribution in [3.8, 4) is 0 Å². The number of hydrogen-bond donors (Lipinski definition) is 2. The summed E-state index contributed by atoms with van der Waals surface area (Å²) in [6.07, 6.45) is 4.60. The number of aryl methyl sites for hydroxylation is 1. The van der Waals surface area contributed by atoms with Crippen molar-refractivity contribution in [2.45, 2.75) is 44.8 Å². The minimum atomic E-state index is 0.295. The number of rotatable bonds is 5. The van der Waals surface area contributed by atoms with E-state index in [-0.39, 0.29) is 0 Å². The predicted octanol–water partition coefficient (Wildman–Crippen LogP) is 2.06. The molecule has 2 N–H and O–H groups in total. The van der Waals surface area contributed by atoms with Crippen molar-refractivity contribution in [1.82, 2.24) is 9.97 Å². The number of nitrogens with zero attached hydrogens (tertiary/aromatic N) is 2. The molecule has 1 aromatic heterocycles. The molecule has 1 saturated carbocycles. The fourth-order valence-corrected chi connectivity index (χ4v) is 2.42. The molecule has 0 radical (unpaired) electrons. The molecular formula is C13H22N4O. The molecule has 1 aliphatic carbocycles. The Morgan fingerprint density at radius 2 is 2.11 bits per heavy atom. The predicted molar refractivity (Wildman–Crippen MR) is 73.0 cm³/mol. The first-order valence-corrected chi connectivity index (χ1v) is 6.61. The third-order valence-electron chi connectivity index (χ3n) is 3.43. The van der Waals surface area contributed by atoms with Crippen LogP contribution < -0.4 is 10.6 Å². The zero-order valence-corrected chi connectivity index (χ0v) is 11.4. The summed E-state index contributed by atoms with van der Waals surface area (Å²) in [6.45, 7) is 2.06. The summed E-state index contributed by atoms with van der Waals surface area (Å²) in [4.78, 5) is 8.90. The van der Waals surface area contributed by atoms with Gasteiger partial charge in [-0.3, -0.25) is 0 Å². The normalized spacial score (nSPS) is 23.1. The van der Waals surface area contributed by atoms with Crippen molar-refractivity contribution in [3.05, 3.63) is 11.9 Å². The van der Waals surface area contributed by atoms with Gasteiger partial charge in [0.25, 0.3) is 0 Å². The second-order valence-corrected chi connectivity index (χ2v) is 4.61. The summed E-state index contributed by atoms with van der Waals surface area (Å²) in [5, 5.41) is 6.54. The molecule has 0 amide bonds. The quantitative estimate of drug-likeness (QED) is 0.837. The van der Waals surface area contributed by atoms with Crippen LogP contribution >= 0.6 is 0 Å². The summed E-state index contributed by atoms with van der Waals surface area (Å²) in [7, 11) is 3.65. The fourth-order valence-electron chi connectivity index (χ4n) is 2.42. The Morgan fingerprint density at radius 3 is 2.78 bits per heavy atom. The van der Waals surface area contributed by atoms with Crippen LogP contribution in [0.25, 0.3) is 0 Å². The Kier molecular flexibility index (Phi) is 4.36. The van der Waals surface area contributed by atoms with E-state index in [4.69, 9.17) is 4.74 Å². The van der Waals surface area contributed by atoms with Gasteiger partial charge < -0.3 is 15.4 Å². The molecule has 100 valence electrons. The lowest BCUT2D eigenvalue weighted by atomic mass is 10.2. The maximum atomic E-state index is 5.49. The highest BCUT2D eigenvalue weighted by Crippen LogP contribution is 2.25. The standard InChI is InChI=1S/C13H22N4O/c1-4-11-16-12(14-2)8-13(17-11)15-9-6-5-7-10(9)18-3/h8-10H,4-7H2,1-3H3,(H2,14,15,16,17). The van der Waals surface area contributed by atoms with Gasteiger partial charge in [-0.05, 0) is 19.3 Å². The van der Waals surface area contributed by atoms with Gasteiger partial charge in [-0.25, -0.2) is 9.97 Å². The van der Waals surface area contributed by atoms with E-state index < -0.39 is 0 Å². The van der Waals surface area contributed by atoms with Crippen molar-refractivity contribution < 1.29 is 4.74 Å². The van der Waals surface area contributed by atoms with Gasteiger partial charge in [0.15, 0.2) is 0 Å². The fraction of sp³-hybridized carbons (Fsp3) is 0.692. The largest absolute Gasteiger partial charge is 0.379 e. The van der Waals surface area contributed by atoms with Gasteiger partial charge in [0.2, 0.25) is 0 Å².